The SMILES string of the molecule is [C-]#[N+]c1cccc(-c2nc(-c3ccc(-c4ccc5c(c4)oc4ccccc45)cc3)nc(-c3cc4ccccc4c4ccccc34)n2)c1. The van der Waals surface area contributed by atoms with Gasteiger partial charge >= 0.3 is 0 Å². The van der Waals surface area contributed by atoms with Crippen molar-refractivity contribution in [3.63, 3.8) is 0 Å². The standard InChI is InChI=1S/C42H24N4O/c1-43-31-11-8-10-30(23-31)41-44-40(45-42(46-41)37-24-29-9-2-3-12-32(29)33-13-4-5-14-34(33)37)27-19-17-26(18-20-27)28-21-22-36-35-15-6-7-16-38(35)47-39(36)25-28/h2-25H. The number of furan rings is 1. The van der Waals surface area contributed by atoms with E-state index in [2.05, 4.69) is 102 Å². The lowest BCUT2D eigenvalue weighted by atomic mass is 9.97. The first-order valence-electron chi connectivity index (χ1n) is 15.4. The molecule has 0 radical (unpaired) electrons. The minimum absolute atomic E-state index is 0.521. The van der Waals surface area contributed by atoms with E-state index in [0.717, 1.165) is 65.9 Å². The van der Waals surface area contributed by atoms with Crippen LogP contribution in [0, 0.1) is 6.57 Å². The zero-order valence-corrected chi connectivity index (χ0v) is 25.1. The third kappa shape index (κ3) is 4.59. The summed E-state index contributed by atoms with van der Waals surface area (Å²) in [6.07, 6.45) is 0. The number of hydrogen-bond acceptors (Lipinski definition) is 4. The Morgan fingerprint density at radius 1 is 0.426 bits per heavy atom. The first kappa shape index (κ1) is 26.7. The molecule has 0 aliphatic heterocycles. The van der Waals surface area contributed by atoms with Crippen molar-refractivity contribution in [2.45, 2.75) is 0 Å². The number of benzene rings is 7. The molecule has 9 rings (SSSR count). The molecule has 218 valence electrons. The van der Waals surface area contributed by atoms with Gasteiger partial charge in [-0.3, -0.25) is 0 Å². The Balaban J connectivity index is 1.19. The highest BCUT2D eigenvalue weighted by Crippen LogP contribution is 2.36. The second-order valence-corrected chi connectivity index (χ2v) is 11.5. The maximum Gasteiger partial charge on any atom is 0.187 e. The predicted octanol–water partition coefficient (Wildman–Crippen LogP) is 11.3. The first-order valence-corrected chi connectivity index (χ1v) is 15.4. The summed E-state index contributed by atoms with van der Waals surface area (Å²) < 4.78 is 6.15. The van der Waals surface area contributed by atoms with Crippen LogP contribution in [0.5, 0.6) is 0 Å². The van der Waals surface area contributed by atoms with Gasteiger partial charge in [0.1, 0.15) is 11.2 Å². The summed E-state index contributed by atoms with van der Waals surface area (Å²) in [7, 11) is 0. The van der Waals surface area contributed by atoms with E-state index in [0.29, 0.717) is 23.2 Å². The van der Waals surface area contributed by atoms with Crippen LogP contribution in [-0.4, -0.2) is 15.0 Å². The highest BCUT2D eigenvalue weighted by molar-refractivity contribution is 6.13. The molecule has 0 N–H and O–H groups in total. The predicted molar refractivity (Wildman–Crippen MR) is 190 cm³/mol. The third-order valence-corrected chi connectivity index (χ3v) is 8.73. The van der Waals surface area contributed by atoms with E-state index in [1.807, 2.05) is 42.5 Å². The molecular formula is C42H24N4O. The van der Waals surface area contributed by atoms with Gasteiger partial charge in [0.15, 0.2) is 23.2 Å². The molecule has 0 saturated carbocycles. The van der Waals surface area contributed by atoms with Crippen LogP contribution in [0.15, 0.2) is 150 Å². The van der Waals surface area contributed by atoms with Crippen molar-refractivity contribution in [1.29, 1.82) is 0 Å². The molecule has 0 aliphatic carbocycles. The molecular weight excluding hydrogens is 576 g/mol. The number of hydrogen-bond donors (Lipinski definition) is 0. The molecule has 0 amide bonds. The fourth-order valence-corrected chi connectivity index (χ4v) is 6.43. The lowest BCUT2D eigenvalue weighted by molar-refractivity contribution is 0.669. The zero-order chi connectivity index (χ0) is 31.3. The highest BCUT2D eigenvalue weighted by atomic mass is 16.3. The summed E-state index contributed by atoms with van der Waals surface area (Å²) in [5, 5.41) is 6.74. The summed E-state index contributed by atoms with van der Waals surface area (Å²) in [5.74, 6) is 1.67. The number of nitrogens with zero attached hydrogens (tertiary/aromatic N) is 4. The van der Waals surface area contributed by atoms with Crippen molar-refractivity contribution in [2.24, 2.45) is 0 Å². The molecule has 0 spiro atoms. The van der Waals surface area contributed by atoms with Crippen molar-refractivity contribution in [3.8, 4) is 45.3 Å². The Morgan fingerprint density at radius 3 is 1.89 bits per heavy atom. The van der Waals surface area contributed by atoms with Crippen molar-refractivity contribution >= 4 is 49.2 Å². The van der Waals surface area contributed by atoms with E-state index < -0.39 is 0 Å². The van der Waals surface area contributed by atoms with Crippen LogP contribution in [0.25, 0.3) is 93.6 Å². The molecule has 7 aromatic carbocycles. The Kier molecular flexibility index (Phi) is 6.12. The van der Waals surface area contributed by atoms with Gasteiger partial charge in [-0.1, -0.05) is 115 Å². The Hall–Kier alpha value is -6.64. The summed E-state index contributed by atoms with van der Waals surface area (Å²) >= 11 is 0. The van der Waals surface area contributed by atoms with E-state index >= 15 is 0 Å². The molecule has 0 bridgehead atoms. The van der Waals surface area contributed by atoms with Crippen LogP contribution in [-0.2, 0) is 0 Å². The normalized spacial score (nSPS) is 11.4. The van der Waals surface area contributed by atoms with Gasteiger partial charge in [0.2, 0.25) is 0 Å². The van der Waals surface area contributed by atoms with E-state index in [1.54, 1.807) is 6.07 Å². The van der Waals surface area contributed by atoms with Crippen molar-refractivity contribution in [3.05, 3.63) is 157 Å². The average Bonchev–Trinajstić information content (AvgIpc) is 3.52. The molecule has 9 aromatic rings. The van der Waals surface area contributed by atoms with Crippen molar-refractivity contribution in [2.75, 3.05) is 0 Å². The van der Waals surface area contributed by atoms with Crippen LogP contribution >= 0.6 is 0 Å². The molecule has 5 heteroatoms. The maximum absolute atomic E-state index is 7.55. The Bertz CT molecular complexity index is 2700. The molecule has 0 unspecified atom stereocenters. The zero-order valence-electron chi connectivity index (χ0n) is 25.1. The molecule has 2 aromatic heterocycles. The minimum Gasteiger partial charge on any atom is -0.456 e. The molecule has 47 heavy (non-hydrogen) atoms. The van der Waals surface area contributed by atoms with Gasteiger partial charge in [-0.15, -0.1) is 0 Å². The monoisotopic (exact) mass is 600 g/mol. The smallest absolute Gasteiger partial charge is 0.187 e. The topological polar surface area (TPSA) is 56.2 Å². The van der Waals surface area contributed by atoms with Gasteiger partial charge in [-0.2, -0.15) is 0 Å². The summed E-state index contributed by atoms with van der Waals surface area (Å²) in [5.41, 5.74) is 6.99. The highest BCUT2D eigenvalue weighted by Gasteiger charge is 2.16. The van der Waals surface area contributed by atoms with Gasteiger partial charge in [-0.25, -0.2) is 19.8 Å². The summed E-state index contributed by atoms with van der Waals surface area (Å²) in [4.78, 5) is 18.7. The van der Waals surface area contributed by atoms with Crippen LogP contribution in [0.4, 0.5) is 5.69 Å². The number of aromatic nitrogens is 3. The van der Waals surface area contributed by atoms with Crippen LogP contribution < -0.4 is 0 Å². The number of para-hydroxylation sites is 1. The summed E-state index contributed by atoms with van der Waals surface area (Å²) in [6, 6.07) is 49.1. The van der Waals surface area contributed by atoms with Crippen LogP contribution in [0.3, 0.4) is 0 Å². The van der Waals surface area contributed by atoms with E-state index in [1.165, 1.54) is 5.39 Å². The van der Waals surface area contributed by atoms with Gasteiger partial charge in [0, 0.05) is 27.5 Å². The van der Waals surface area contributed by atoms with Gasteiger partial charge < -0.3 is 4.42 Å². The quantitative estimate of drug-likeness (QED) is 0.149. The van der Waals surface area contributed by atoms with Gasteiger partial charge in [0.25, 0.3) is 0 Å². The fraction of sp³-hybridized carbons (Fsp3) is 0. The largest absolute Gasteiger partial charge is 0.456 e. The molecule has 0 aliphatic rings. The summed E-state index contributed by atoms with van der Waals surface area (Å²) in [6.45, 7) is 7.55. The molecule has 0 saturated heterocycles. The van der Waals surface area contributed by atoms with E-state index in [4.69, 9.17) is 25.9 Å². The van der Waals surface area contributed by atoms with Crippen molar-refractivity contribution in [1.82, 2.24) is 15.0 Å². The van der Waals surface area contributed by atoms with Gasteiger partial charge in [0.05, 0.1) is 6.57 Å². The fourth-order valence-electron chi connectivity index (χ4n) is 6.43. The average molecular weight is 601 g/mol. The molecule has 5 nitrogen and oxygen atoms in total. The Morgan fingerprint density at radius 2 is 1.06 bits per heavy atom. The van der Waals surface area contributed by atoms with E-state index in [9.17, 15) is 0 Å². The minimum atomic E-state index is 0.521. The molecule has 0 atom stereocenters. The van der Waals surface area contributed by atoms with Crippen LogP contribution in [0.1, 0.15) is 0 Å². The molecule has 2 heterocycles. The van der Waals surface area contributed by atoms with Gasteiger partial charge in [-0.05, 0) is 63.0 Å². The van der Waals surface area contributed by atoms with Crippen molar-refractivity contribution < 1.29 is 4.42 Å². The number of fused-ring (bicyclic) bond motifs is 6. The van der Waals surface area contributed by atoms with E-state index in [-0.39, 0.29) is 0 Å². The third-order valence-electron chi connectivity index (χ3n) is 8.73. The Labute approximate surface area is 270 Å². The molecule has 0 fully saturated rings. The maximum atomic E-state index is 7.55. The lowest BCUT2D eigenvalue weighted by Gasteiger charge is -2.13. The van der Waals surface area contributed by atoms with Crippen LogP contribution in [0.2, 0.25) is 0 Å². The second kappa shape index (κ2) is 10.8. The first-order chi connectivity index (χ1) is 23.2. The lowest BCUT2D eigenvalue weighted by Crippen LogP contribution is -2.00. The number of rotatable bonds is 4. The second-order valence-electron chi connectivity index (χ2n) is 11.5.